The zero-order chi connectivity index (χ0) is 14.0. The maximum atomic E-state index is 13.2. The Balaban J connectivity index is 2.20. The number of hydrogen-bond donors (Lipinski definition) is 1. The van der Waals surface area contributed by atoms with Gasteiger partial charge in [-0.25, -0.2) is 13.2 Å². The molecular weight excluding hydrogens is 259 g/mol. The van der Waals surface area contributed by atoms with E-state index < -0.39 is 17.5 Å². The van der Waals surface area contributed by atoms with Crippen LogP contribution in [0.2, 0.25) is 0 Å². The van der Waals surface area contributed by atoms with Gasteiger partial charge in [0.15, 0.2) is 17.5 Å². The fourth-order valence-corrected chi connectivity index (χ4v) is 2.33. The quantitative estimate of drug-likeness (QED) is 0.664. The van der Waals surface area contributed by atoms with Crippen molar-refractivity contribution in [2.75, 3.05) is 13.7 Å². The van der Waals surface area contributed by atoms with E-state index >= 15 is 0 Å². The molecule has 0 amide bonds. The predicted molar refractivity (Wildman–Crippen MR) is 61.8 cm³/mol. The number of ether oxygens (including phenoxy) is 1. The number of piperidine rings is 1. The van der Waals surface area contributed by atoms with Crippen molar-refractivity contribution in [1.29, 1.82) is 0 Å². The summed E-state index contributed by atoms with van der Waals surface area (Å²) in [7, 11) is 1.30. The number of methoxy groups -OCH3 is 1. The average Bonchev–Trinajstić information content (AvgIpc) is 2.43. The molecule has 1 aliphatic heterocycles. The fourth-order valence-electron chi connectivity index (χ4n) is 2.33. The number of benzene rings is 1. The standard InChI is InChI=1S/C13H14F3NO2/c1-19-13(18)7-2-3-17-11(6-7)8-4-9(14)12(16)10(15)5-8/h4-5,7,11,17H,2-3,6H2,1H3. The van der Waals surface area contributed by atoms with Gasteiger partial charge >= 0.3 is 5.97 Å². The van der Waals surface area contributed by atoms with Gasteiger partial charge in [0.2, 0.25) is 0 Å². The molecule has 19 heavy (non-hydrogen) atoms. The highest BCUT2D eigenvalue weighted by molar-refractivity contribution is 5.72. The van der Waals surface area contributed by atoms with Gasteiger partial charge in [0.25, 0.3) is 0 Å². The molecule has 0 aromatic heterocycles. The Morgan fingerprint density at radius 1 is 1.32 bits per heavy atom. The predicted octanol–water partition coefficient (Wildman–Crippen LogP) is 2.32. The Kier molecular flexibility index (Phi) is 4.09. The van der Waals surface area contributed by atoms with Crippen LogP contribution in [0.25, 0.3) is 0 Å². The Bertz CT molecular complexity index is 470. The molecule has 1 aromatic rings. The molecule has 0 radical (unpaired) electrons. The van der Waals surface area contributed by atoms with Gasteiger partial charge in [-0.15, -0.1) is 0 Å². The second-order valence-electron chi connectivity index (χ2n) is 4.55. The molecule has 0 saturated carbocycles. The lowest BCUT2D eigenvalue weighted by atomic mass is 9.88. The van der Waals surface area contributed by atoms with Crippen LogP contribution in [-0.4, -0.2) is 19.6 Å². The molecule has 2 atom stereocenters. The maximum Gasteiger partial charge on any atom is 0.308 e. The summed E-state index contributed by atoms with van der Waals surface area (Å²) in [5.74, 6) is -4.58. The van der Waals surface area contributed by atoms with E-state index in [0.29, 0.717) is 24.9 Å². The van der Waals surface area contributed by atoms with E-state index in [-0.39, 0.29) is 17.9 Å². The van der Waals surface area contributed by atoms with E-state index in [2.05, 4.69) is 10.1 Å². The average molecular weight is 273 g/mol. The summed E-state index contributed by atoms with van der Waals surface area (Å²) < 4.78 is 43.9. The van der Waals surface area contributed by atoms with Crippen molar-refractivity contribution >= 4 is 5.97 Å². The van der Waals surface area contributed by atoms with Crippen LogP contribution in [0.1, 0.15) is 24.4 Å². The normalized spacial score (nSPS) is 23.2. The zero-order valence-corrected chi connectivity index (χ0v) is 10.4. The maximum absolute atomic E-state index is 13.2. The first-order valence-electron chi connectivity index (χ1n) is 5.98. The van der Waals surface area contributed by atoms with E-state index in [9.17, 15) is 18.0 Å². The van der Waals surface area contributed by atoms with E-state index in [1.54, 1.807) is 0 Å². The van der Waals surface area contributed by atoms with Crippen molar-refractivity contribution in [2.24, 2.45) is 5.92 Å². The molecule has 1 saturated heterocycles. The first-order chi connectivity index (χ1) is 9.02. The van der Waals surface area contributed by atoms with Crippen LogP contribution in [0, 0.1) is 23.4 Å². The van der Waals surface area contributed by atoms with Gasteiger partial charge in [-0.2, -0.15) is 0 Å². The third kappa shape index (κ3) is 2.89. The number of carbonyl (C=O) groups excluding carboxylic acids is 1. The first-order valence-corrected chi connectivity index (χ1v) is 5.98. The number of halogens is 3. The molecule has 1 heterocycles. The molecule has 0 bridgehead atoms. The summed E-state index contributed by atoms with van der Waals surface area (Å²) in [4.78, 5) is 11.5. The topological polar surface area (TPSA) is 38.3 Å². The number of hydrogen-bond acceptors (Lipinski definition) is 3. The lowest BCUT2D eigenvalue weighted by Crippen LogP contribution is -2.35. The minimum atomic E-state index is -1.48. The summed E-state index contributed by atoms with van der Waals surface area (Å²) in [6.07, 6.45) is 0.979. The molecule has 1 fully saturated rings. The monoisotopic (exact) mass is 273 g/mol. The smallest absolute Gasteiger partial charge is 0.308 e. The third-order valence-corrected chi connectivity index (χ3v) is 3.35. The largest absolute Gasteiger partial charge is 0.469 e. The van der Waals surface area contributed by atoms with Gasteiger partial charge in [0.05, 0.1) is 13.0 Å². The highest BCUT2D eigenvalue weighted by Crippen LogP contribution is 2.29. The summed E-state index contributed by atoms with van der Waals surface area (Å²) in [6.45, 7) is 0.533. The van der Waals surface area contributed by atoms with E-state index in [0.717, 1.165) is 12.1 Å². The first kappa shape index (κ1) is 13.9. The van der Waals surface area contributed by atoms with Crippen LogP contribution in [-0.2, 0) is 9.53 Å². The van der Waals surface area contributed by atoms with Crippen molar-refractivity contribution < 1.29 is 22.7 Å². The SMILES string of the molecule is COC(=O)C1CCNC(c2cc(F)c(F)c(F)c2)C1. The Morgan fingerprint density at radius 3 is 2.53 bits per heavy atom. The number of esters is 1. The second kappa shape index (κ2) is 5.61. The molecule has 0 spiro atoms. The van der Waals surface area contributed by atoms with Crippen LogP contribution in [0.15, 0.2) is 12.1 Å². The van der Waals surface area contributed by atoms with Gasteiger partial charge in [-0.05, 0) is 37.1 Å². The van der Waals surface area contributed by atoms with Gasteiger partial charge < -0.3 is 10.1 Å². The summed E-state index contributed by atoms with van der Waals surface area (Å²) in [5.41, 5.74) is 0.296. The van der Waals surface area contributed by atoms with Gasteiger partial charge in [-0.3, -0.25) is 4.79 Å². The van der Waals surface area contributed by atoms with Crippen LogP contribution >= 0.6 is 0 Å². The molecule has 104 valence electrons. The summed E-state index contributed by atoms with van der Waals surface area (Å²) in [5, 5.41) is 3.05. The van der Waals surface area contributed by atoms with Crippen molar-refractivity contribution in [2.45, 2.75) is 18.9 Å². The molecule has 6 heteroatoms. The lowest BCUT2D eigenvalue weighted by Gasteiger charge is -2.29. The fraction of sp³-hybridized carbons (Fsp3) is 0.462. The second-order valence-corrected chi connectivity index (χ2v) is 4.55. The van der Waals surface area contributed by atoms with E-state index in [1.165, 1.54) is 7.11 Å². The molecule has 1 aromatic carbocycles. The molecule has 2 unspecified atom stereocenters. The van der Waals surface area contributed by atoms with E-state index in [1.807, 2.05) is 0 Å². The van der Waals surface area contributed by atoms with Gasteiger partial charge in [0.1, 0.15) is 0 Å². The number of rotatable bonds is 2. The zero-order valence-electron chi connectivity index (χ0n) is 10.4. The van der Waals surface area contributed by atoms with Crippen molar-refractivity contribution in [3.63, 3.8) is 0 Å². The van der Waals surface area contributed by atoms with E-state index in [4.69, 9.17) is 0 Å². The van der Waals surface area contributed by atoms with Gasteiger partial charge in [0, 0.05) is 6.04 Å². The molecule has 3 nitrogen and oxygen atoms in total. The molecular formula is C13H14F3NO2. The van der Waals surface area contributed by atoms with Crippen LogP contribution in [0.5, 0.6) is 0 Å². The van der Waals surface area contributed by atoms with Crippen molar-refractivity contribution in [3.05, 3.63) is 35.1 Å². The van der Waals surface area contributed by atoms with Crippen molar-refractivity contribution in [1.82, 2.24) is 5.32 Å². The highest BCUT2D eigenvalue weighted by atomic mass is 19.2. The Labute approximate surface area is 108 Å². The highest BCUT2D eigenvalue weighted by Gasteiger charge is 2.29. The summed E-state index contributed by atoms with van der Waals surface area (Å²) in [6, 6.07) is 1.52. The van der Waals surface area contributed by atoms with Crippen LogP contribution in [0.3, 0.4) is 0 Å². The Morgan fingerprint density at radius 2 is 1.95 bits per heavy atom. The Hall–Kier alpha value is -1.56. The van der Waals surface area contributed by atoms with Crippen LogP contribution < -0.4 is 5.32 Å². The van der Waals surface area contributed by atoms with Crippen LogP contribution in [0.4, 0.5) is 13.2 Å². The third-order valence-electron chi connectivity index (χ3n) is 3.35. The number of nitrogens with one attached hydrogen (secondary N) is 1. The molecule has 1 aliphatic rings. The molecule has 1 N–H and O–H groups in total. The molecule has 0 aliphatic carbocycles. The number of carbonyl (C=O) groups is 1. The molecule has 2 rings (SSSR count). The minimum absolute atomic E-state index is 0.296. The summed E-state index contributed by atoms with van der Waals surface area (Å²) >= 11 is 0. The van der Waals surface area contributed by atoms with Crippen molar-refractivity contribution in [3.8, 4) is 0 Å². The van der Waals surface area contributed by atoms with Gasteiger partial charge in [-0.1, -0.05) is 0 Å². The minimum Gasteiger partial charge on any atom is -0.469 e. The lowest BCUT2D eigenvalue weighted by molar-refractivity contribution is -0.146.